The van der Waals surface area contributed by atoms with Crippen LogP contribution in [0.15, 0.2) is 12.1 Å². The largest absolute Gasteiger partial charge is 0.476 e. The van der Waals surface area contributed by atoms with Crippen molar-refractivity contribution in [2.24, 2.45) is 0 Å². The smallest absolute Gasteiger partial charge is 0.239 e. The van der Waals surface area contributed by atoms with Gasteiger partial charge in [0.2, 0.25) is 11.8 Å². The zero-order valence-corrected chi connectivity index (χ0v) is 10.4. The monoisotopic (exact) mass is 250 g/mol. The fourth-order valence-electron chi connectivity index (χ4n) is 1.76. The summed E-state index contributed by atoms with van der Waals surface area (Å²) in [4.78, 5) is 15.4. The van der Waals surface area contributed by atoms with E-state index in [4.69, 9.17) is 10.5 Å². The molecule has 4 N–H and O–H groups in total. The summed E-state index contributed by atoms with van der Waals surface area (Å²) >= 11 is 0. The van der Waals surface area contributed by atoms with Gasteiger partial charge >= 0.3 is 0 Å². The molecule has 2 rings (SSSR count). The standard InChI is InChI=1S/C12H18N4O2/c1-2-5-18-12-9(13)3-4-10(16-12)15-8-6-11(17)14-7-8/h3-4,8H,2,5-7,13H2,1H3,(H,14,17)(H,15,16). The van der Waals surface area contributed by atoms with Crippen molar-refractivity contribution in [2.75, 3.05) is 24.2 Å². The number of hydrogen-bond donors (Lipinski definition) is 3. The van der Waals surface area contributed by atoms with Crippen molar-refractivity contribution in [3.05, 3.63) is 12.1 Å². The lowest BCUT2D eigenvalue weighted by molar-refractivity contribution is -0.119. The Morgan fingerprint density at radius 3 is 3.11 bits per heavy atom. The minimum Gasteiger partial charge on any atom is -0.476 e. The Hall–Kier alpha value is -1.98. The zero-order valence-electron chi connectivity index (χ0n) is 10.4. The first kappa shape index (κ1) is 12.5. The third-order valence-electron chi connectivity index (χ3n) is 2.66. The molecule has 6 heteroatoms. The molecule has 1 unspecified atom stereocenters. The first-order valence-electron chi connectivity index (χ1n) is 6.11. The Morgan fingerprint density at radius 1 is 1.61 bits per heavy atom. The van der Waals surface area contributed by atoms with Crippen molar-refractivity contribution < 1.29 is 9.53 Å². The third-order valence-corrected chi connectivity index (χ3v) is 2.66. The van der Waals surface area contributed by atoms with Gasteiger partial charge in [-0.1, -0.05) is 6.92 Å². The number of amides is 1. The van der Waals surface area contributed by atoms with Gasteiger partial charge in [-0.3, -0.25) is 4.79 Å². The van der Waals surface area contributed by atoms with E-state index < -0.39 is 0 Å². The number of rotatable bonds is 5. The maximum Gasteiger partial charge on any atom is 0.239 e. The molecule has 1 fully saturated rings. The normalized spacial score (nSPS) is 18.5. The highest BCUT2D eigenvalue weighted by Crippen LogP contribution is 2.22. The van der Waals surface area contributed by atoms with Crippen LogP contribution in [0.5, 0.6) is 5.88 Å². The molecule has 0 radical (unpaired) electrons. The maximum atomic E-state index is 11.1. The second-order valence-corrected chi connectivity index (χ2v) is 4.29. The molecule has 1 saturated heterocycles. The number of nitrogens with two attached hydrogens (primary N) is 1. The van der Waals surface area contributed by atoms with E-state index in [-0.39, 0.29) is 11.9 Å². The molecule has 0 aromatic carbocycles. The number of nitrogens with one attached hydrogen (secondary N) is 2. The van der Waals surface area contributed by atoms with Gasteiger partial charge in [0.25, 0.3) is 0 Å². The summed E-state index contributed by atoms with van der Waals surface area (Å²) in [6.07, 6.45) is 1.37. The molecule has 98 valence electrons. The molecule has 18 heavy (non-hydrogen) atoms. The van der Waals surface area contributed by atoms with Gasteiger partial charge in [0.05, 0.1) is 18.3 Å². The van der Waals surface area contributed by atoms with E-state index in [9.17, 15) is 4.79 Å². The first-order valence-corrected chi connectivity index (χ1v) is 6.11. The van der Waals surface area contributed by atoms with E-state index in [2.05, 4.69) is 15.6 Å². The van der Waals surface area contributed by atoms with Crippen molar-refractivity contribution in [2.45, 2.75) is 25.8 Å². The molecule has 1 aromatic heterocycles. The number of anilines is 2. The lowest BCUT2D eigenvalue weighted by Crippen LogP contribution is -2.23. The fourth-order valence-corrected chi connectivity index (χ4v) is 1.76. The average Bonchev–Trinajstić information content (AvgIpc) is 2.75. The summed E-state index contributed by atoms with van der Waals surface area (Å²) in [7, 11) is 0. The highest BCUT2D eigenvalue weighted by molar-refractivity contribution is 5.79. The summed E-state index contributed by atoms with van der Waals surface area (Å²) in [5.41, 5.74) is 6.30. The van der Waals surface area contributed by atoms with Gasteiger partial charge in [-0.25, -0.2) is 0 Å². The van der Waals surface area contributed by atoms with Crippen molar-refractivity contribution in [3.8, 4) is 5.88 Å². The van der Waals surface area contributed by atoms with Crippen LogP contribution in [0.1, 0.15) is 19.8 Å². The molecule has 0 bridgehead atoms. The molecular formula is C12H18N4O2. The highest BCUT2D eigenvalue weighted by atomic mass is 16.5. The van der Waals surface area contributed by atoms with Crippen molar-refractivity contribution >= 4 is 17.4 Å². The van der Waals surface area contributed by atoms with Crippen LogP contribution in [-0.4, -0.2) is 30.1 Å². The molecule has 1 aliphatic rings. The van der Waals surface area contributed by atoms with E-state index in [1.54, 1.807) is 12.1 Å². The van der Waals surface area contributed by atoms with Crippen LogP contribution < -0.4 is 21.1 Å². The van der Waals surface area contributed by atoms with Crippen molar-refractivity contribution in [3.63, 3.8) is 0 Å². The van der Waals surface area contributed by atoms with Gasteiger partial charge in [0.1, 0.15) is 5.82 Å². The minimum atomic E-state index is 0.0606. The summed E-state index contributed by atoms with van der Waals surface area (Å²) in [5, 5.41) is 5.95. The lowest BCUT2D eigenvalue weighted by atomic mass is 10.2. The molecule has 6 nitrogen and oxygen atoms in total. The Morgan fingerprint density at radius 2 is 2.44 bits per heavy atom. The van der Waals surface area contributed by atoms with Gasteiger partial charge < -0.3 is 21.1 Å². The van der Waals surface area contributed by atoms with Gasteiger partial charge in [-0.05, 0) is 18.6 Å². The Labute approximate surface area is 106 Å². The molecule has 1 aromatic rings. The van der Waals surface area contributed by atoms with E-state index >= 15 is 0 Å². The SMILES string of the molecule is CCCOc1nc(NC2CNC(=O)C2)ccc1N. The number of pyridine rings is 1. The summed E-state index contributed by atoms with van der Waals surface area (Å²) in [6.45, 7) is 3.23. The maximum absolute atomic E-state index is 11.1. The first-order chi connectivity index (χ1) is 8.69. The topological polar surface area (TPSA) is 89.3 Å². The highest BCUT2D eigenvalue weighted by Gasteiger charge is 2.21. The molecule has 0 saturated carbocycles. The minimum absolute atomic E-state index is 0.0606. The second-order valence-electron chi connectivity index (χ2n) is 4.29. The predicted molar refractivity (Wildman–Crippen MR) is 69.5 cm³/mol. The second kappa shape index (κ2) is 5.57. The van der Waals surface area contributed by atoms with Crippen LogP contribution in [0.2, 0.25) is 0 Å². The summed E-state index contributed by atoms with van der Waals surface area (Å²) in [5.74, 6) is 1.18. The molecule has 1 aliphatic heterocycles. The van der Waals surface area contributed by atoms with Crippen LogP contribution in [0.4, 0.5) is 11.5 Å². The number of carbonyl (C=O) groups excluding carboxylic acids is 1. The Balaban J connectivity index is 2.02. The van der Waals surface area contributed by atoms with Gasteiger partial charge in [0, 0.05) is 13.0 Å². The van der Waals surface area contributed by atoms with Crippen LogP contribution in [0.25, 0.3) is 0 Å². The van der Waals surface area contributed by atoms with E-state index in [1.807, 2.05) is 6.92 Å². The third kappa shape index (κ3) is 3.03. The van der Waals surface area contributed by atoms with Crippen LogP contribution >= 0.6 is 0 Å². The molecule has 1 amide bonds. The Kier molecular flexibility index (Phi) is 3.86. The number of aromatic nitrogens is 1. The van der Waals surface area contributed by atoms with Gasteiger partial charge in [-0.15, -0.1) is 0 Å². The Bertz CT molecular complexity index is 436. The quantitative estimate of drug-likeness (QED) is 0.717. The van der Waals surface area contributed by atoms with E-state index in [0.29, 0.717) is 37.0 Å². The number of nitrogen functional groups attached to an aromatic ring is 1. The average molecular weight is 250 g/mol. The van der Waals surface area contributed by atoms with Crippen LogP contribution in [0.3, 0.4) is 0 Å². The fraction of sp³-hybridized carbons (Fsp3) is 0.500. The van der Waals surface area contributed by atoms with Gasteiger partial charge in [0.15, 0.2) is 0 Å². The molecule has 1 atom stereocenters. The van der Waals surface area contributed by atoms with E-state index in [1.165, 1.54) is 0 Å². The predicted octanol–water partition coefficient (Wildman–Crippen LogP) is 0.753. The number of carbonyl (C=O) groups is 1. The summed E-state index contributed by atoms with van der Waals surface area (Å²) < 4.78 is 5.45. The molecule has 2 heterocycles. The van der Waals surface area contributed by atoms with Crippen LogP contribution in [0, 0.1) is 0 Å². The number of ether oxygens (including phenoxy) is 1. The van der Waals surface area contributed by atoms with Gasteiger partial charge in [-0.2, -0.15) is 4.98 Å². The number of hydrogen-bond acceptors (Lipinski definition) is 5. The van der Waals surface area contributed by atoms with Crippen LogP contribution in [-0.2, 0) is 4.79 Å². The van der Waals surface area contributed by atoms with E-state index in [0.717, 1.165) is 6.42 Å². The summed E-state index contributed by atoms with van der Waals surface area (Å²) in [6, 6.07) is 3.62. The molecule has 0 spiro atoms. The van der Waals surface area contributed by atoms with Crippen molar-refractivity contribution in [1.82, 2.24) is 10.3 Å². The lowest BCUT2D eigenvalue weighted by Gasteiger charge is -2.13. The van der Waals surface area contributed by atoms with Crippen molar-refractivity contribution in [1.29, 1.82) is 0 Å². The number of nitrogens with zero attached hydrogens (tertiary/aromatic N) is 1. The zero-order chi connectivity index (χ0) is 13.0. The molecular weight excluding hydrogens is 232 g/mol. The molecule has 0 aliphatic carbocycles.